The molecule has 0 bridgehead atoms. The third kappa shape index (κ3) is 7.54. The molecule has 5 rings (SSSR count). The molecule has 4 atom stereocenters. The molecule has 1 aromatic heterocycles. The number of ether oxygens (including phenoxy) is 4. The maximum Gasteiger partial charge on any atom is 0.417 e. The Hall–Kier alpha value is -4.34. The van der Waals surface area contributed by atoms with Crippen LogP contribution >= 0.6 is 0 Å². The fraction of sp³-hybridized carbons (Fsp3) is 0.500. The molecule has 0 radical (unpaired) electrons. The molecule has 2 heterocycles. The van der Waals surface area contributed by atoms with Crippen molar-refractivity contribution in [1.82, 2.24) is 14.8 Å². The molecule has 3 amide bonds. The second-order valence-electron chi connectivity index (χ2n) is 14.0. The van der Waals surface area contributed by atoms with E-state index in [0.29, 0.717) is 29.1 Å². The van der Waals surface area contributed by atoms with E-state index in [0.717, 1.165) is 17.4 Å². The minimum Gasteiger partial charge on any atom is -0.497 e. The van der Waals surface area contributed by atoms with Gasteiger partial charge in [0.2, 0.25) is 0 Å². The van der Waals surface area contributed by atoms with E-state index in [9.17, 15) is 14.4 Å². The number of fused-ring (bicyclic) bond motifs is 1. The lowest BCUT2D eigenvalue weighted by Gasteiger charge is -2.32. The number of carbonyl (C=O) groups excluding carboxylic acids is 3. The van der Waals surface area contributed by atoms with Gasteiger partial charge >= 0.3 is 12.2 Å². The maximum absolute atomic E-state index is 14.3. The molecular weight excluding hydrogens is 586 g/mol. The fourth-order valence-electron chi connectivity index (χ4n) is 5.82. The molecule has 0 spiro atoms. The molecule has 2 fully saturated rings. The molecule has 1 aliphatic carbocycles. The Morgan fingerprint density at radius 1 is 0.935 bits per heavy atom. The van der Waals surface area contributed by atoms with Crippen molar-refractivity contribution in [2.75, 3.05) is 13.7 Å². The Kier molecular flexibility index (Phi) is 9.20. The van der Waals surface area contributed by atoms with Crippen LogP contribution < -0.4 is 9.47 Å². The number of likely N-dealkylation sites (tertiary alicyclic amines) is 1. The topological polar surface area (TPSA) is 108 Å². The van der Waals surface area contributed by atoms with Crippen molar-refractivity contribution >= 4 is 29.0 Å². The largest absolute Gasteiger partial charge is 0.497 e. The lowest BCUT2D eigenvalue weighted by atomic mass is 10.1. The lowest BCUT2D eigenvalue weighted by Crippen LogP contribution is -2.52. The molecule has 2 aromatic carbocycles. The number of hydrogen-bond acceptors (Lipinski definition) is 8. The van der Waals surface area contributed by atoms with Gasteiger partial charge in [-0.3, -0.25) is 9.69 Å². The molecule has 1 aliphatic heterocycles. The smallest absolute Gasteiger partial charge is 0.417 e. The van der Waals surface area contributed by atoms with Crippen LogP contribution in [0.5, 0.6) is 11.5 Å². The predicted molar refractivity (Wildman–Crippen MR) is 175 cm³/mol. The van der Waals surface area contributed by atoms with E-state index in [1.54, 1.807) is 48.7 Å². The zero-order chi connectivity index (χ0) is 33.4. The maximum atomic E-state index is 14.3. The van der Waals surface area contributed by atoms with Gasteiger partial charge in [-0.05, 0) is 66.0 Å². The van der Waals surface area contributed by atoms with Crippen LogP contribution in [0.3, 0.4) is 0 Å². The quantitative estimate of drug-likeness (QED) is 0.269. The molecule has 46 heavy (non-hydrogen) atoms. The normalized spacial score (nSPS) is 21.1. The highest BCUT2D eigenvalue weighted by Gasteiger charge is 2.52. The first-order chi connectivity index (χ1) is 21.7. The monoisotopic (exact) mass is 631 g/mol. The van der Waals surface area contributed by atoms with Crippen LogP contribution in [0.1, 0.15) is 67.7 Å². The zero-order valence-corrected chi connectivity index (χ0v) is 28.0. The van der Waals surface area contributed by atoms with Crippen LogP contribution in [0.4, 0.5) is 9.59 Å². The van der Waals surface area contributed by atoms with Crippen molar-refractivity contribution < 1.29 is 33.3 Å². The predicted octanol–water partition coefficient (Wildman–Crippen LogP) is 7.23. The lowest BCUT2D eigenvalue weighted by molar-refractivity contribution is -0.135. The van der Waals surface area contributed by atoms with Gasteiger partial charge in [0.05, 0.1) is 24.9 Å². The first kappa shape index (κ1) is 33.0. The minimum absolute atomic E-state index is 0.0932. The standard InChI is InChI=1S/C36H45N3O7/c1-9-22-17-29(22)39(34(42)46-36(5,6)7)32(40)30-19-25(21-38(30)33(41)45-35(2,3)4)44-31-20-27(23-13-11-10-12-14-23)37-28-18-24(43-8)15-16-26(28)31/h10-16,18,20,22,25,29-30H,9,17,19,21H2,1-8H3. The number of rotatable bonds is 7. The molecule has 4 unspecified atom stereocenters. The van der Waals surface area contributed by atoms with Crippen molar-refractivity contribution in [2.24, 2.45) is 5.92 Å². The Bertz CT molecular complexity index is 1590. The molecule has 10 heteroatoms. The van der Waals surface area contributed by atoms with Crippen LogP contribution in [0.25, 0.3) is 22.2 Å². The molecule has 2 aliphatic rings. The molecule has 0 N–H and O–H groups in total. The van der Waals surface area contributed by atoms with Gasteiger partial charge < -0.3 is 18.9 Å². The highest BCUT2D eigenvalue weighted by Crippen LogP contribution is 2.41. The Morgan fingerprint density at radius 3 is 2.24 bits per heavy atom. The number of aromatic nitrogens is 1. The van der Waals surface area contributed by atoms with E-state index in [-0.39, 0.29) is 24.9 Å². The third-order valence-corrected chi connectivity index (χ3v) is 8.09. The van der Waals surface area contributed by atoms with E-state index >= 15 is 0 Å². The molecular formula is C36H45N3O7. The number of amides is 3. The molecule has 246 valence electrons. The van der Waals surface area contributed by atoms with Gasteiger partial charge in [0.15, 0.2) is 0 Å². The van der Waals surface area contributed by atoms with Crippen LogP contribution in [-0.4, -0.2) is 75.9 Å². The van der Waals surface area contributed by atoms with E-state index in [1.165, 1.54) is 9.80 Å². The summed E-state index contributed by atoms with van der Waals surface area (Å²) < 4.78 is 23.5. The average molecular weight is 632 g/mol. The number of hydrogen-bond donors (Lipinski definition) is 0. The van der Waals surface area contributed by atoms with Gasteiger partial charge in [-0.1, -0.05) is 43.7 Å². The number of pyridine rings is 1. The summed E-state index contributed by atoms with van der Waals surface area (Å²) in [5.74, 6) is 0.926. The van der Waals surface area contributed by atoms with Crippen LogP contribution in [-0.2, 0) is 14.3 Å². The van der Waals surface area contributed by atoms with Crippen molar-refractivity contribution in [1.29, 1.82) is 0 Å². The van der Waals surface area contributed by atoms with Gasteiger partial charge in [0, 0.05) is 35.5 Å². The van der Waals surface area contributed by atoms with E-state index in [2.05, 4.69) is 0 Å². The summed E-state index contributed by atoms with van der Waals surface area (Å²) in [5, 5.41) is 0.762. The number of carbonyl (C=O) groups is 3. The van der Waals surface area contributed by atoms with Crippen LogP contribution in [0.2, 0.25) is 0 Å². The van der Waals surface area contributed by atoms with Crippen LogP contribution in [0.15, 0.2) is 54.6 Å². The second kappa shape index (κ2) is 12.8. The average Bonchev–Trinajstić information content (AvgIpc) is 3.63. The first-order valence-corrected chi connectivity index (χ1v) is 15.9. The summed E-state index contributed by atoms with van der Waals surface area (Å²) in [6, 6.07) is 16.0. The third-order valence-electron chi connectivity index (χ3n) is 8.09. The molecule has 10 nitrogen and oxygen atoms in total. The van der Waals surface area contributed by atoms with Gasteiger partial charge in [-0.15, -0.1) is 0 Å². The number of imide groups is 1. The SMILES string of the molecule is CCC1CC1N(C(=O)OC(C)(C)C)C(=O)C1CC(Oc2cc(-c3ccccc3)nc3cc(OC)ccc23)CN1C(=O)OC(C)(C)C. The van der Waals surface area contributed by atoms with Crippen molar-refractivity contribution in [3.8, 4) is 22.8 Å². The van der Waals surface area contributed by atoms with E-state index in [4.69, 9.17) is 23.9 Å². The summed E-state index contributed by atoms with van der Waals surface area (Å²) in [5.41, 5.74) is 0.723. The summed E-state index contributed by atoms with van der Waals surface area (Å²) in [4.78, 5) is 48.8. The van der Waals surface area contributed by atoms with E-state index < -0.39 is 41.4 Å². The minimum atomic E-state index is -0.979. The fourth-order valence-corrected chi connectivity index (χ4v) is 5.82. The molecule has 1 saturated heterocycles. The summed E-state index contributed by atoms with van der Waals surface area (Å²) >= 11 is 0. The Morgan fingerprint density at radius 2 is 1.63 bits per heavy atom. The van der Waals surface area contributed by atoms with Gasteiger partial charge in [-0.25, -0.2) is 19.5 Å². The van der Waals surface area contributed by atoms with Crippen molar-refractivity contribution in [3.63, 3.8) is 0 Å². The van der Waals surface area contributed by atoms with Gasteiger partial charge in [0.25, 0.3) is 5.91 Å². The number of nitrogens with zero attached hydrogens (tertiary/aromatic N) is 3. The van der Waals surface area contributed by atoms with Gasteiger partial charge in [0.1, 0.15) is 34.8 Å². The van der Waals surface area contributed by atoms with E-state index in [1.807, 2.05) is 61.5 Å². The highest BCUT2D eigenvalue weighted by molar-refractivity contribution is 5.97. The van der Waals surface area contributed by atoms with Crippen LogP contribution in [0, 0.1) is 5.92 Å². The first-order valence-electron chi connectivity index (χ1n) is 15.9. The highest BCUT2D eigenvalue weighted by atomic mass is 16.6. The summed E-state index contributed by atoms with van der Waals surface area (Å²) in [6.07, 6.45) is -0.213. The molecule has 1 saturated carbocycles. The summed E-state index contributed by atoms with van der Waals surface area (Å²) in [7, 11) is 1.60. The summed E-state index contributed by atoms with van der Waals surface area (Å²) in [6.45, 7) is 12.8. The second-order valence-corrected chi connectivity index (χ2v) is 14.0. The number of methoxy groups -OCH3 is 1. The Labute approximate surface area is 271 Å². The van der Waals surface area contributed by atoms with Crippen molar-refractivity contribution in [2.45, 2.75) is 97.1 Å². The Balaban J connectivity index is 1.50. The van der Waals surface area contributed by atoms with Crippen molar-refractivity contribution in [3.05, 3.63) is 54.6 Å². The number of benzene rings is 2. The molecule has 3 aromatic rings. The van der Waals surface area contributed by atoms with Gasteiger partial charge in [-0.2, -0.15) is 0 Å². The zero-order valence-electron chi connectivity index (χ0n) is 28.0.